The van der Waals surface area contributed by atoms with Gasteiger partial charge in [0.25, 0.3) is 0 Å². The molecule has 0 radical (unpaired) electrons. The highest BCUT2D eigenvalue weighted by Gasteiger charge is 2.17. The smallest absolute Gasteiger partial charge is 0.153 e. The van der Waals surface area contributed by atoms with Gasteiger partial charge in [-0.1, -0.05) is 17.3 Å². The number of hydrogen-bond acceptors (Lipinski definition) is 6. The number of rotatable bonds is 6. The van der Waals surface area contributed by atoms with Gasteiger partial charge in [0.2, 0.25) is 0 Å². The second kappa shape index (κ2) is 8.72. The molecule has 0 aliphatic carbocycles. The molecule has 3 aromatic carbocycles. The van der Waals surface area contributed by atoms with Gasteiger partial charge >= 0.3 is 0 Å². The minimum Gasteiger partial charge on any atom is -0.378 e. The van der Waals surface area contributed by atoms with E-state index in [2.05, 4.69) is 31.7 Å². The van der Waals surface area contributed by atoms with Gasteiger partial charge in [-0.25, -0.2) is 9.07 Å². The fraction of sp³-hybridized carbons (Fsp3) is 0.115. The van der Waals surface area contributed by atoms with E-state index in [1.54, 1.807) is 34.8 Å². The lowest BCUT2D eigenvalue weighted by Gasteiger charge is -2.09. The number of H-pyrrole nitrogens is 1. The Labute approximate surface area is 204 Å². The molecule has 6 rings (SSSR count). The lowest BCUT2D eigenvalue weighted by atomic mass is 10.1. The van der Waals surface area contributed by atoms with Crippen molar-refractivity contribution in [2.75, 3.05) is 7.11 Å². The van der Waals surface area contributed by atoms with Crippen LogP contribution in [0.5, 0.6) is 0 Å². The van der Waals surface area contributed by atoms with E-state index < -0.39 is 5.82 Å². The molecular formula is C26H19FN8O. The summed E-state index contributed by atoms with van der Waals surface area (Å²) in [7, 11) is 1.62. The van der Waals surface area contributed by atoms with E-state index in [1.165, 1.54) is 6.07 Å². The van der Waals surface area contributed by atoms with Crippen LogP contribution in [-0.2, 0) is 17.9 Å². The average Bonchev–Trinajstić information content (AvgIpc) is 3.63. The maximum absolute atomic E-state index is 15.1. The van der Waals surface area contributed by atoms with Crippen molar-refractivity contribution in [2.45, 2.75) is 13.2 Å². The summed E-state index contributed by atoms with van der Waals surface area (Å²) in [5, 5.41) is 30.0. The maximum atomic E-state index is 15.1. The first kappa shape index (κ1) is 21.6. The third-order valence-corrected chi connectivity index (χ3v) is 6.08. The van der Waals surface area contributed by atoms with Crippen LogP contribution in [0.1, 0.15) is 16.8 Å². The third kappa shape index (κ3) is 3.68. The van der Waals surface area contributed by atoms with E-state index >= 15 is 4.39 Å². The number of nitrogens with one attached hydrogen (secondary N) is 1. The van der Waals surface area contributed by atoms with Crippen molar-refractivity contribution in [3.05, 3.63) is 89.5 Å². The van der Waals surface area contributed by atoms with E-state index in [9.17, 15) is 0 Å². The SMILES string of the molecule is COCc1n[nH]c2cc(-n3nnc4c(F)cc(-c5ccnn5Cc5ccc(C#N)cc5)cc43)ccc12. The first-order valence-corrected chi connectivity index (χ1v) is 11.2. The molecule has 176 valence electrons. The predicted octanol–water partition coefficient (Wildman–Crippen LogP) is 4.37. The Morgan fingerprint density at radius 3 is 2.75 bits per heavy atom. The molecular weight excluding hydrogens is 459 g/mol. The van der Waals surface area contributed by atoms with Crippen LogP contribution >= 0.6 is 0 Å². The summed E-state index contributed by atoms with van der Waals surface area (Å²) in [6.45, 7) is 0.877. The number of halogens is 1. The molecule has 0 saturated carbocycles. The number of aromatic amines is 1. The summed E-state index contributed by atoms with van der Waals surface area (Å²) in [6.07, 6.45) is 1.68. The number of hydrogen-bond donors (Lipinski definition) is 1. The van der Waals surface area contributed by atoms with E-state index in [-0.39, 0.29) is 5.52 Å². The summed E-state index contributed by atoms with van der Waals surface area (Å²) < 4.78 is 23.8. The molecule has 0 bridgehead atoms. The summed E-state index contributed by atoms with van der Waals surface area (Å²) in [4.78, 5) is 0. The van der Waals surface area contributed by atoms with Crippen LogP contribution in [-0.4, -0.2) is 42.1 Å². The molecule has 1 N–H and O–H groups in total. The molecule has 36 heavy (non-hydrogen) atoms. The molecule has 3 aromatic heterocycles. The summed E-state index contributed by atoms with van der Waals surface area (Å²) in [5.74, 6) is -0.468. The van der Waals surface area contributed by atoms with E-state index in [1.807, 2.05) is 42.5 Å². The van der Waals surface area contributed by atoms with E-state index in [0.29, 0.717) is 29.8 Å². The first-order chi connectivity index (χ1) is 17.6. The predicted molar refractivity (Wildman–Crippen MR) is 131 cm³/mol. The van der Waals surface area contributed by atoms with Crippen LogP contribution in [0.4, 0.5) is 4.39 Å². The highest BCUT2D eigenvalue weighted by molar-refractivity contribution is 5.86. The second-order valence-corrected chi connectivity index (χ2v) is 8.34. The van der Waals surface area contributed by atoms with Crippen LogP contribution in [0.3, 0.4) is 0 Å². The molecule has 0 saturated heterocycles. The first-order valence-electron chi connectivity index (χ1n) is 11.2. The van der Waals surface area contributed by atoms with Crippen molar-refractivity contribution >= 4 is 21.9 Å². The Kier molecular flexibility index (Phi) is 5.24. The molecule has 3 heterocycles. The Balaban J connectivity index is 1.40. The standard InChI is InChI=1S/C26H19FN8O/c1-36-15-23-20-7-6-19(12-22(20)30-31-23)35-25-11-18(10-21(27)26(25)32-33-35)24-8-9-29-34(24)14-17-4-2-16(13-28)3-5-17/h2-12H,14-15H2,1H3,(H,30,31). The van der Waals surface area contributed by atoms with Crippen molar-refractivity contribution in [3.63, 3.8) is 0 Å². The molecule has 0 unspecified atom stereocenters. The summed E-state index contributed by atoms with van der Waals surface area (Å²) >= 11 is 0. The molecule has 0 amide bonds. The fourth-order valence-corrected chi connectivity index (χ4v) is 4.33. The van der Waals surface area contributed by atoms with Crippen molar-refractivity contribution < 1.29 is 9.13 Å². The highest BCUT2D eigenvalue weighted by Crippen LogP contribution is 2.29. The Hall–Kier alpha value is -4.88. The average molecular weight is 478 g/mol. The Morgan fingerprint density at radius 1 is 1.08 bits per heavy atom. The zero-order valence-corrected chi connectivity index (χ0v) is 19.2. The molecule has 0 fully saturated rings. The molecule has 0 atom stereocenters. The number of nitriles is 1. The van der Waals surface area contributed by atoms with Gasteiger partial charge in [0, 0.05) is 24.3 Å². The topological polar surface area (TPSA) is 110 Å². The lowest BCUT2D eigenvalue weighted by molar-refractivity contribution is 0.182. The van der Waals surface area contributed by atoms with Gasteiger partial charge in [0.1, 0.15) is 5.52 Å². The van der Waals surface area contributed by atoms with Gasteiger partial charge in [-0.05, 0) is 54.1 Å². The quantitative estimate of drug-likeness (QED) is 0.381. The zero-order chi connectivity index (χ0) is 24.6. The van der Waals surface area contributed by atoms with Crippen molar-refractivity contribution in [2.24, 2.45) is 0 Å². The number of fused-ring (bicyclic) bond motifs is 2. The third-order valence-electron chi connectivity index (χ3n) is 6.08. The van der Waals surface area contributed by atoms with Gasteiger partial charge in [-0.15, -0.1) is 5.10 Å². The van der Waals surface area contributed by atoms with Crippen LogP contribution < -0.4 is 0 Å². The monoisotopic (exact) mass is 478 g/mol. The van der Waals surface area contributed by atoms with Crippen molar-refractivity contribution in [3.8, 4) is 23.0 Å². The largest absolute Gasteiger partial charge is 0.378 e. The minimum absolute atomic E-state index is 0.182. The number of ether oxygens (including phenoxy) is 1. The van der Waals surface area contributed by atoms with Crippen molar-refractivity contribution in [1.29, 1.82) is 5.26 Å². The Bertz CT molecular complexity index is 1760. The maximum Gasteiger partial charge on any atom is 0.153 e. The summed E-state index contributed by atoms with van der Waals surface area (Å²) in [5.41, 5.74) is 6.05. The van der Waals surface area contributed by atoms with Gasteiger partial charge in [-0.3, -0.25) is 9.78 Å². The van der Waals surface area contributed by atoms with Gasteiger partial charge in [-0.2, -0.15) is 15.5 Å². The van der Waals surface area contributed by atoms with Crippen LogP contribution in [0.15, 0.2) is 66.9 Å². The minimum atomic E-state index is -0.468. The lowest BCUT2D eigenvalue weighted by Crippen LogP contribution is -2.04. The van der Waals surface area contributed by atoms with Crippen molar-refractivity contribution in [1.82, 2.24) is 35.0 Å². The zero-order valence-electron chi connectivity index (χ0n) is 19.2. The fourth-order valence-electron chi connectivity index (χ4n) is 4.33. The molecule has 0 aliphatic rings. The van der Waals surface area contributed by atoms with Gasteiger partial charge < -0.3 is 4.74 Å². The molecule has 9 nitrogen and oxygen atoms in total. The van der Waals surface area contributed by atoms with Crippen LogP contribution in [0.2, 0.25) is 0 Å². The number of nitrogens with zero attached hydrogens (tertiary/aromatic N) is 7. The highest BCUT2D eigenvalue weighted by atomic mass is 19.1. The number of aromatic nitrogens is 7. The van der Waals surface area contributed by atoms with Crippen LogP contribution in [0, 0.1) is 17.1 Å². The summed E-state index contributed by atoms with van der Waals surface area (Å²) in [6, 6.07) is 20.3. The molecule has 0 spiro atoms. The van der Waals surface area contributed by atoms with Crippen LogP contribution in [0.25, 0.3) is 38.9 Å². The van der Waals surface area contributed by atoms with Gasteiger partial charge in [0.05, 0.1) is 52.9 Å². The van der Waals surface area contributed by atoms with E-state index in [0.717, 1.165) is 33.5 Å². The second-order valence-electron chi connectivity index (χ2n) is 8.34. The Morgan fingerprint density at radius 2 is 1.94 bits per heavy atom. The molecule has 6 aromatic rings. The van der Waals surface area contributed by atoms with E-state index in [4.69, 9.17) is 10.00 Å². The molecule has 10 heteroatoms. The number of benzene rings is 3. The van der Waals surface area contributed by atoms with Gasteiger partial charge in [0.15, 0.2) is 5.82 Å². The number of methoxy groups -OCH3 is 1. The normalized spacial score (nSPS) is 11.4. The molecule has 0 aliphatic heterocycles.